The van der Waals surface area contributed by atoms with Crippen molar-refractivity contribution >= 4 is 23.4 Å². The molecule has 4 nitrogen and oxygen atoms in total. The molecule has 1 aliphatic heterocycles. The average Bonchev–Trinajstić information content (AvgIpc) is 2.31. The van der Waals surface area contributed by atoms with Crippen LogP contribution in [0.15, 0.2) is 23.1 Å². The molecule has 0 aliphatic carbocycles. The van der Waals surface area contributed by atoms with Crippen molar-refractivity contribution < 1.29 is 9.90 Å². The van der Waals surface area contributed by atoms with Crippen LogP contribution in [0.1, 0.15) is 19.4 Å². The lowest BCUT2D eigenvalue weighted by molar-refractivity contribution is -0.117. The number of thioether (sulfide) groups is 1. The largest absolute Gasteiger partial charge is 0.389 e. The Kier molecular flexibility index (Phi) is 3.66. The third-order valence-corrected chi connectivity index (χ3v) is 3.79. The number of fused-ring (bicyclic) bond motifs is 1. The quantitative estimate of drug-likeness (QED) is 0.867. The van der Waals surface area contributed by atoms with Crippen molar-refractivity contribution in [3.05, 3.63) is 23.8 Å². The van der Waals surface area contributed by atoms with Gasteiger partial charge in [-0.15, -0.1) is 11.8 Å². The van der Waals surface area contributed by atoms with Crippen LogP contribution in [-0.4, -0.2) is 28.9 Å². The molecule has 1 aromatic rings. The Morgan fingerprint density at radius 1 is 1.50 bits per heavy atom. The van der Waals surface area contributed by atoms with Crippen LogP contribution in [0.2, 0.25) is 0 Å². The summed E-state index contributed by atoms with van der Waals surface area (Å²) in [6, 6.07) is 5.90. The summed E-state index contributed by atoms with van der Waals surface area (Å²) >= 11 is 1.53. The van der Waals surface area contributed by atoms with Gasteiger partial charge in [0.1, 0.15) is 0 Å². The molecule has 0 unspecified atom stereocenters. The molecule has 0 fully saturated rings. The van der Waals surface area contributed by atoms with Crippen molar-refractivity contribution in [3.8, 4) is 0 Å². The summed E-state index contributed by atoms with van der Waals surface area (Å²) in [6.07, 6.45) is 0. The maximum atomic E-state index is 12.0. The van der Waals surface area contributed by atoms with Gasteiger partial charge in [-0.3, -0.25) is 4.79 Å². The number of benzene rings is 1. The highest BCUT2D eigenvalue weighted by molar-refractivity contribution is 8.00. The summed E-state index contributed by atoms with van der Waals surface area (Å²) in [6.45, 7) is 4.15. The highest BCUT2D eigenvalue weighted by Crippen LogP contribution is 2.36. The van der Waals surface area contributed by atoms with Gasteiger partial charge in [0.25, 0.3) is 0 Å². The van der Waals surface area contributed by atoms with E-state index in [-0.39, 0.29) is 5.91 Å². The molecule has 2 rings (SSSR count). The molecule has 1 aromatic carbocycles. The molecule has 0 radical (unpaired) electrons. The predicted molar refractivity (Wildman–Crippen MR) is 73.7 cm³/mol. The van der Waals surface area contributed by atoms with Gasteiger partial charge in [0, 0.05) is 11.4 Å². The summed E-state index contributed by atoms with van der Waals surface area (Å²) in [5, 5.41) is 9.91. The number of β-amino-alcohol motifs (C(OH)–C–C–N with tert-alkyl or cyclic N) is 1. The second kappa shape index (κ2) is 4.91. The summed E-state index contributed by atoms with van der Waals surface area (Å²) < 4.78 is 0. The third kappa shape index (κ3) is 2.85. The zero-order valence-electron chi connectivity index (χ0n) is 10.6. The minimum atomic E-state index is -0.909. The maximum Gasteiger partial charge on any atom is 0.237 e. The van der Waals surface area contributed by atoms with E-state index in [0.29, 0.717) is 18.8 Å². The van der Waals surface area contributed by atoms with E-state index in [1.165, 1.54) is 11.8 Å². The molecule has 18 heavy (non-hydrogen) atoms. The molecule has 0 bridgehead atoms. The topological polar surface area (TPSA) is 66.6 Å². The molecule has 0 spiro atoms. The molecule has 3 N–H and O–H groups in total. The number of hydrogen-bond acceptors (Lipinski definition) is 4. The number of rotatable bonds is 3. The number of nitrogens with zero attached hydrogens (tertiary/aromatic N) is 1. The van der Waals surface area contributed by atoms with E-state index >= 15 is 0 Å². The molecular formula is C13H18N2O2S. The van der Waals surface area contributed by atoms with Gasteiger partial charge in [-0.2, -0.15) is 0 Å². The van der Waals surface area contributed by atoms with Crippen LogP contribution in [0.5, 0.6) is 0 Å². The standard InChI is InChI=1S/C13H18N2O2S/c1-13(2,17)8-15-10-5-9(6-14)3-4-11(10)18-7-12(15)16/h3-5,17H,6-8,14H2,1-2H3. The second-order valence-electron chi connectivity index (χ2n) is 5.09. The lowest BCUT2D eigenvalue weighted by Gasteiger charge is -2.33. The molecule has 5 heteroatoms. The Morgan fingerprint density at radius 2 is 2.22 bits per heavy atom. The van der Waals surface area contributed by atoms with E-state index in [9.17, 15) is 9.90 Å². The van der Waals surface area contributed by atoms with Crippen LogP contribution in [0, 0.1) is 0 Å². The summed E-state index contributed by atoms with van der Waals surface area (Å²) in [4.78, 5) is 14.7. The Balaban J connectivity index is 2.39. The van der Waals surface area contributed by atoms with Gasteiger partial charge in [-0.05, 0) is 31.5 Å². The SMILES string of the molecule is CC(C)(O)CN1C(=O)CSc2ccc(CN)cc21. The molecule has 1 aliphatic rings. The number of amides is 1. The van der Waals surface area contributed by atoms with E-state index in [1.54, 1.807) is 18.7 Å². The Hall–Kier alpha value is -1.04. The van der Waals surface area contributed by atoms with Gasteiger partial charge in [0.05, 0.1) is 23.6 Å². The van der Waals surface area contributed by atoms with Crippen LogP contribution in [0.25, 0.3) is 0 Å². The molecular weight excluding hydrogens is 248 g/mol. The molecule has 0 saturated heterocycles. The maximum absolute atomic E-state index is 12.0. The first-order valence-corrected chi connectivity index (χ1v) is 6.88. The molecule has 0 aromatic heterocycles. The third-order valence-electron chi connectivity index (χ3n) is 2.75. The number of carbonyl (C=O) groups is 1. The number of anilines is 1. The van der Waals surface area contributed by atoms with Crippen molar-refractivity contribution in [2.24, 2.45) is 5.73 Å². The Morgan fingerprint density at radius 3 is 2.83 bits per heavy atom. The first-order chi connectivity index (χ1) is 8.40. The van der Waals surface area contributed by atoms with Gasteiger partial charge in [-0.25, -0.2) is 0 Å². The monoisotopic (exact) mass is 266 g/mol. The predicted octanol–water partition coefficient (Wildman–Crippen LogP) is 1.35. The lowest BCUT2D eigenvalue weighted by Crippen LogP contribution is -2.44. The van der Waals surface area contributed by atoms with Crippen LogP contribution in [-0.2, 0) is 11.3 Å². The van der Waals surface area contributed by atoms with E-state index < -0.39 is 5.60 Å². The van der Waals surface area contributed by atoms with Gasteiger partial charge >= 0.3 is 0 Å². The van der Waals surface area contributed by atoms with E-state index in [2.05, 4.69) is 0 Å². The fraction of sp³-hybridized carbons (Fsp3) is 0.462. The number of hydrogen-bond donors (Lipinski definition) is 2. The van der Waals surface area contributed by atoms with Crippen molar-refractivity contribution in [1.82, 2.24) is 0 Å². The number of aliphatic hydroxyl groups is 1. The summed E-state index contributed by atoms with van der Waals surface area (Å²) in [5.74, 6) is 0.453. The number of nitrogens with two attached hydrogens (primary N) is 1. The van der Waals surface area contributed by atoms with Crippen molar-refractivity contribution in [2.45, 2.75) is 30.9 Å². The van der Waals surface area contributed by atoms with Crippen LogP contribution >= 0.6 is 11.8 Å². The molecule has 1 heterocycles. The van der Waals surface area contributed by atoms with Gasteiger partial charge in [0.15, 0.2) is 0 Å². The van der Waals surface area contributed by atoms with Crippen LogP contribution < -0.4 is 10.6 Å². The van der Waals surface area contributed by atoms with Gasteiger partial charge in [-0.1, -0.05) is 6.07 Å². The first kappa shape index (κ1) is 13.4. The van der Waals surface area contributed by atoms with Crippen LogP contribution in [0.4, 0.5) is 5.69 Å². The molecule has 98 valence electrons. The van der Waals surface area contributed by atoms with E-state index in [4.69, 9.17) is 5.73 Å². The fourth-order valence-electron chi connectivity index (χ4n) is 1.93. The zero-order chi connectivity index (χ0) is 13.3. The minimum Gasteiger partial charge on any atom is -0.389 e. The van der Waals surface area contributed by atoms with E-state index in [0.717, 1.165) is 16.1 Å². The molecule has 0 saturated carbocycles. The highest BCUT2D eigenvalue weighted by Gasteiger charge is 2.29. The fourth-order valence-corrected chi connectivity index (χ4v) is 2.85. The van der Waals surface area contributed by atoms with Crippen LogP contribution in [0.3, 0.4) is 0 Å². The van der Waals surface area contributed by atoms with Crippen molar-refractivity contribution in [2.75, 3.05) is 17.2 Å². The summed E-state index contributed by atoms with van der Waals surface area (Å²) in [5.41, 5.74) is 6.57. The second-order valence-corrected chi connectivity index (χ2v) is 6.10. The van der Waals surface area contributed by atoms with Gasteiger partial charge in [0.2, 0.25) is 5.91 Å². The zero-order valence-corrected chi connectivity index (χ0v) is 11.5. The number of carbonyl (C=O) groups excluding carboxylic acids is 1. The highest BCUT2D eigenvalue weighted by atomic mass is 32.2. The summed E-state index contributed by atoms with van der Waals surface area (Å²) in [7, 11) is 0. The lowest BCUT2D eigenvalue weighted by atomic mass is 10.1. The van der Waals surface area contributed by atoms with Gasteiger partial charge < -0.3 is 15.7 Å². The molecule has 1 amide bonds. The first-order valence-electron chi connectivity index (χ1n) is 5.89. The Bertz CT molecular complexity index is 469. The Labute approximate surface area is 111 Å². The molecule has 0 atom stereocenters. The van der Waals surface area contributed by atoms with Crippen molar-refractivity contribution in [1.29, 1.82) is 0 Å². The average molecular weight is 266 g/mol. The normalized spacial score (nSPS) is 15.8. The van der Waals surface area contributed by atoms with E-state index in [1.807, 2.05) is 18.2 Å². The smallest absolute Gasteiger partial charge is 0.237 e. The minimum absolute atomic E-state index is 0.0313. The van der Waals surface area contributed by atoms with Crippen molar-refractivity contribution in [3.63, 3.8) is 0 Å².